The maximum atomic E-state index is 11.8. The van der Waals surface area contributed by atoms with Crippen molar-refractivity contribution in [1.29, 1.82) is 0 Å². The van der Waals surface area contributed by atoms with Crippen LogP contribution in [0.2, 0.25) is 0 Å². The molecule has 2 unspecified atom stereocenters. The first kappa shape index (κ1) is 12.2. The average Bonchev–Trinajstić information content (AvgIpc) is 2.35. The normalized spacial score (nSPS) is 19.5. The lowest BCUT2D eigenvalue weighted by atomic mass is 10.2. The van der Waals surface area contributed by atoms with Crippen LogP contribution in [0.25, 0.3) is 0 Å². The van der Waals surface area contributed by atoms with Crippen LogP contribution in [0.5, 0.6) is 11.5 Å². The fourth-order valence-electron chi connectivity index (χ4n) is 1.50. The summed E-state index contributed by atoms with van der Waals surface area (Å²) in [6, 6.07) is 7.34. The topological polar surface area (TPSA) is 47.6 Å². The van der Waals surface area contributed by atoms with E-state index in [-0.39, 0.29) is 17.3 Å². The Morgan fingerprint density at radius 1 is 1.53 bits per heavy atom. The fraction of sp³-hybridized carbons (Fsp3) is 0.417. The van der Waals surface area contributed by atoms with Gasteiger partial charge >= 0.3 is 0 Å². The Kier molecular flexibility index (Phi) is 3.89. The number of carbonyl (C=O) groups excluding carboxylic acids is 1. The average molecular weight is 300 g/mol. The van der Waals surface area contributed by atoms with Gasteiger partial charge in [-0.2, -0.15) is 0 Å². The Balaban J connectivity index is 1.95. The maximum absolute atomic E-state index is 11.8. The van der Waals surface area contributed by atoms with E-state index in [0.29, 0.717) is 18.0 Å². The molecule has 0 saturated heterocycles. The van der Waals surface area contributed by atoms with E-state index in [2.05, 4.69) is 21.2 Å². The molecule has 1 amide bonds. The SMILES string of the molecule is CC(Br)CNC(=O)C1COc2ccccc2O1. The van der Waals surface area contributed by atoms with Crippen LogP contribution in [0, 0.1) is 0 Å². The number of hydrogen-bond acceptors (Lipinski definition) is 3. The van der Waals surface area contributed by atoms with Gasteiger partial charge in [-0.1, -0.05) is 35.0 Å². The van der Waals surface area contributed by atoms with Crippen molar-refractivity contribution in [3.63, 3.8) is 0 Å². The van der Waals surface area contributed by atoms with Crippen molar-refractivity contribution in [1.82, 2.24) is 5.32 Å². The summed E-state index contributed by atoms with van der Waals surface area (Å²) < 4.78 is 11.0. The van der Waals surface area contributed by atoms with Crippen LogP contribution in [0.4, 0.5) is 0 Å². The highest BCUT2D eigenvalue weighted by molar-refractivity contribution is 9.09. The summed E-state index contributed by atoms with van der Waals surface area (Å²) in [6.07, 6.45) is -0.573. The van der Waals surface area contributed by atoms with Gasteiger partial charge in [0, 0.05) is 11.4 Å². The molecule has 92 valence electrons. The number of ether oxygens (including phenoxy) is 2. The molecule has 0 aliphatic carbocycles. The van der Waals surface area contributed by atoms with Gasteiger partial charge in [-0.15, -0.1) is 0 Å². The lowest BCUT2D eigenvalue weighted by molar-refractivity contribution is -0.130. The van der Waals surface area contributed by atoms with E-state index in [9.17, 15) is 4.79 Å². The monoisotopic (exact) mass is 299 g/mol. The second-order valence-electron chi connectivity index (χ2n) is 3.89. The molecule has 1 aromatic carbocycles. The zero-order chi connectivity index (χ0) is 12.3. The van der Waals surface area contributed by atoms with Gasteiger partial charge in [0.15, 0.2) is 11.5 Å². The van der Waals surface area contributed by atoms with Gasteiger partial charge in [-0.05, 0) is 12.1 Å². The van der Waals surface area contributed by atoms with E-state index < -0.39 is 6.10 Å². The standard InChI is InChI=1S/C12H14BrNO3/c1-8(13)6-14-12(15)11-7-16-9-4-2-3-5-10(9)17-11/h2-5,8,11H,6-7H2,1H3,(H,14,15). The van der Waals surface area contributed by atoms with E-state index in [1.54, 1.807) is 6.07 Å². The number of carbonyl (C=O) groups is 1. The molecule has 0 aromatic heterocycles. The second kappa shape index (κ2) is 5.40. The number of para-hydroxylation sites is 2. The molecule has 1 heterocycles. The Morgan fingerprint density at radius 3 is 2.94 bits per heavy atom. The number of alkyl halides is 1. The minimum Gasteiger partial charge on any atom is -0.485 e. The molecule has 1 aliphatic rings. The summed E-state index contributed by atoms with van der Waals surface area (Å²) in [7, 11) is 0. The first-order valence-corrected chi connectivity index (χ1v) is 6.38. The molecule has 5 heteroatoms. The molecule has 1 N–H and O–H groups in total. The van der Waals surface area contributed by atoms with Crippen LogP contribution >= 0.6 is 15.9 Å². The highest BCUT2D eigenvalue weighted by Gasteiger charge is 2.26. The Bertz CT molecular complexity index is 408. The summed E-state index contributed by atoms with van der Waals surface area (Å²) in [5, 5.41) is 2.79. The third-order valence-electron chi connectivity index (χ3n) is 2.36. The number of fused-ring (bicyclic) bond motifs is 1. The summed E-state index contributed by atoms with van der Waals surface area (Å²) in [5.41, 5.74) is 0. The van der Waals surface area contributed by atoms with Gasteiger partial charge in [0.25, 0.3) is 5.91 Å². The molecule has 0 bridgehead atoms. The first-order chi connectivity index (χ1) is 8.16. The van der Waals surface area contributed by atoms with Gasteiger partial charge in [-0.25, -0.2) is 0 Å². The highest BCUT2D eigenvalue weighted by Crippen LogP contribution is 2.30. The Labute approximate surface area is 108 Å². The minimum absolute atomic E-state index is 0.147. The third kappa shape index (κ3) is 3.12. The molecule has 1 aliphatic heterocycles. The lowest BCUT2D eigenvalue weighted by Crippen LogP contribution is -2.45. The van der Waals surface area contributed by atoms with E-state index in [4.69, 9.17) is 9.47 Å². The maximum Gasteiger partial charge on any atom is 0.264 e. The highest BCUT2D eigenvalue weighted by atomic mass is 79.9. The number of benzene rings is 1. The molecule has 0 fully saturated rings. The number of amides is 1. The largest absolute Gasteiger partial charge is 0.485 e. The van der Waals surface area contributed by atoms with Crippen molar-refractivity contribution >= 4 is 21.8 Å². The smallest absolute Gasteiger partial charge is 0.264 e. The Hall–Kier alpha value is -1.23. The van der Waals surface area contributed by atoms with Crippen LogP contribution in [-0.2, 0) is 4.79 Å². The fourth-order valence-corrected chi connectivity index (χ4v) is 1.67. The van der Waals surface area contributed by atoms with Crippen LogP contribution in [0.1, 0.15) is 6.92 Å². The summed E-state index contributed by atoms with van der Waals surface area (Å²) in [4.78, 5) is 12.0. The van der Waals surface area contributed by atoms with Crippen molar-refractivity contribution in [2.45, 2.75) is 17.9 Å². The minimum atomic E-state index is -0.573. The molecular formula is C12H14BrNO3. The van der Waals surface area contributed by atoms with Crippen LogP contribution in [0.3, 0.4) is 0 Å². The molecule has 0 saturated carbocycles. The summed E-state index contributed by atoms with van der Waals surface area (Å²) in [5.74, 6) is 1.15. The molecule has 4 nitrogen and oxygen atoms in total. The van der Waals surface area contributed by atoms with Gasteiger partial charge in [0.05, 0.1) is 0 Å². The van der Waals surface area contributed by atoms with Crippen molar-refractivity contribution < 1.29 is 14.3 Å². The molecule has 0 radical (unpaired) electrons. The van der Waals surface area contributed by atoms with Crippen LogP contribution in [-0.4, -0.2) is 30.0 Å². The summed E-state index contributed by atoms with van der Waals surface area (Å²) in [6.45, 7) is 2.79. The van der Waals surface area contributed by atoms with E-state index >= 15 is 0 Å². The lowest BCUT2D eigenvalue weighted by Gasteiger charge is -2.25. The van der Waals surface area contributed by atoms with E-state index in [1.165, 1.54) is 0 Å². The van der Waals surface area contributed by atoms with Crippen LogP contribution < -0.4 is 14.8 Å². The number of hydrogen-bond donors (Lipinski definition) is 1. The number of nitrogens with one attached hydrogen (secondary N) is 1. The van der Waals surface area contributed by atoms with Crippen molar-refractivity contribution in [3.8, 4) is 11.5 Å². The third-order valence-corrected chi connectivity index (χ3v) is 2.68. The predicted octanol–water partition coefficient (Wildman–Crippen LogP) is 1.73. The number of halogens is 1. The quantitative estimate of drug-likeness (QED) is 0.865. The van der Waals surface area contributed by atoms with Crippen molar-refractivity contribution in [2.75, 3.05) is 13.2 Å². The molecule has 2 atom stereocenters. The molecule has 17 heavy (non-hydrogen) atoms. The second-order valence-corrected chi connectivity index (χ2v) is 5.45. The van der Waals surface area contributed by atoms with Gasteiger partial charge in [0.1, 0.15) is 6.61 Å². The van der Waals surface area contributed by atoms with Crippen molar-refractivity contribution in [2.24, 2.45) is 0 Å². The Morgan fingerprint density at radius 2 is 2.24 bits per heavy atom. The first-order valence-electron chi connectivity index (χ1n) is 5.47. The zero-order valence-electron chi connectivity index (χ0n) is 9.48. The van der Waals surface area contributed by atoms with Gasteiger partial charge in [0.2, 0.25) is 6.10 Å². The summed E-state index contributed by atoms with van der Waals surface area (Å²) >= 11 is 3.37. The van der Waals surface area contributed by atoms with Crippen LogP contribution in [0.15, 0.2) is 24.3 Å². The predicted molar refractivity (Wildman–Crippen MR) is 67.8 cm³/mol. The van der Waals surface area contributed by atoms with E-state index in [1.807, 2.05) is 25.1 Å². The molecule has 0 spiro atoms. The van der Waals surface area contributed by atoms with Gasteiger partial charge in [-0.3, -0.25) is 4.79 Å². The number of rotatable bonds is 3. The molecule has 2 rings (SSSR count). The van der Waals surface area contributed by atoms with Gasteiger partial charge < -0.3 is 14.8 Å². The molecule has 1 aromatic rings. The van der Waals surface area contributed by atoms with E-state index in [0.717, 1.165) is 0 Å². The molecular weight excluding hydrogens is 286 g/mol. The zero-order valence-corrected chi connectivity index (χ0v) is 11.1. The van der Waals surface area contributed by atoms with Crippen molar-refractivity contribution in [3.05, 3.63) is 24.3 Å².